The minimum atomic E-state index is -0.843. The lowest BCUT2D eigenvalue weighted by molar-refractivity contribution is 0.102. The van der Waals surface area contributed by atoms with Crippen LogP contribution in [0.4, 0.5) is 14.5 Å². The molecule has 1 N–H and O–H groups in total. The maximum absolute atomic E-state index is 14.0. The summed E-state index contributed by atoms with van der Waals surface area (Å²) in [5.74, 6) is -2.08. The number of halogens is 2. The molecule has 2 heterocycles. The highest BCUT2D eigenvalue weighted by Crippen LogP contribution is 2.27. The summed E-state index contributed by atoms with van der Waals surface area (Å²) < 4.78 is 28.9. The van der Waals surface area contributed by atoms with Gasteiger partial charge >= 0.3 is 0 Å². The third-order valence-corrected chi connectivity index (χ3v) is 4.55. The summed E-state index contributed by atoms with van der Waals surface area (Å²) in [5, 5.41) is 7.43. The Labute approximate surface area is 166 Å². The van der Waals surface area contributed by atoms with Crippen LogP contribution in [0.25, 0.3) is 22.3 Å². The van der Waals surface area contributed by atoms with Gasteiger partial charge in [0.25, 0.3) is 5.91 Å². The summed E-state index contributed by atoms with van der Waals surface area (Å²) in [6, 6.07) is 14.1. The quantitative estimate of drug-likeness (QED) is 0.519. The maximum atomic E-state index is 14.0. The first-order valence-corrected chi connectivity index (χ1v) is 9.14. The molecule has 5 nitrogen and oxygen atoms in total. The standard InChI is InChI=1S/C22H18F2N4O/c1-13(2)28-21-17(12-25-28)16(11-20(26-21)14-6-4-3-5-7-14)22(29)27-19-9-8-15(23)10-18(19)24/h3-13H,1-2H3,(H,27,29). The van der Waals surface area contributed by atoms with Gasteiger partial charge in [-0.2, -0.15) is 5.10 Å². The van der Waals surface area contributed by atoms with Crippen LogP contribution in [0.1, 0.15) is 30.2 Å². The number of nitrogens with one attached hydrogen (secondary N) is 1. The molecule has 0 unspecified atom stereocenters. The number of carbonyl (C=O) groups is 1. The molecule has 146 valence electrons. The topological polar surface area (TPSA) is 59.8 Å². The fourth-order valence-electron chi connectivity index (χ4n) is 3.12. The summed E-state index contributed by atoms with van der Waals surface area (Å²) in [6.07, 6.45) is 1.58. The third-order valence-electron chi connectivity index (χ3n) is 4.55. The van der Waals surface area contributed by atoms with Gasteiger partial charge in [-0.3, -0.25) is 4.79 Å². The fourth-order valence-corrected chi connectivity index (χ4v) is 3.12. The smallest absolute Gasteiger partial charge is 0.256 e. The van der Waals surface area contributed by atoms with Crippen LogP contribution in [-0.4, -0.2) is 20.7 Å². The number of benzene rings is 2. The highest BCUT2D eigenvalue weighted by Gasteiger charge is 2.19. The van der Waals surface area contributed by atoms with E-state index in [0.717, 1.165) is 17.7 Å². The number of carbonyl (C=O) groups excluding carboxylic acids is 1. The zero-order chi connectivity index (χ0) is 20.5. The molecule has 0 aliphatic rings. The Kier molecular flexibility index (Phi) is 4.80. The van der Waals surface area contributed by atoms with Crippen LogP contribution in [-0.2, 0) is 0 Å². The Hall–Kier alpha value is -3.61. The van der Waals surface area contributed by atoms with E-state index in [0.29, 0.717) is 22.3 Å². The van der Waals surface area contributed by atoms with E-state index in [-0.39, 0.29) is 11.7 Å². The predicted octanol–water partition coefficient (Wildman–Crippen LogP) is 5.21. The molecule has 0 radical (unpaired) electrons. The Bertz CT molecular complexity index is 1200. The SMILES string of the molecule is CC(C)n1ncc2c(C(=O)Nc3ccc(F)cc3F)cc(-c3ccccc3)nc21. The lowest BCUT2D eigenvalue weighted by Gasteiger charge is -2.11. The number of hydrogen-bond donors (Lipinski definition) is 1. The number of hydrogen-bond acceptors (Lipinski definition) is 3. The predicted molar refractivity (Wildman–Crippen MR) is 108 cm³/mol. The summed E-state index contributed by atoms with van der Waals surface area (Å²) in [7, 11) is 0. The molecule has 0 spiro atoms. The molecule has 1 amide bonds. The van der Waals surface area contributed by atoms with E-state index >= 15 is 0 Å². The second-order valence-corrected chi connectivity index (χ2v) is 6.92. The number of anilines is 1. The minimum absolute atomic E-state index is 0.0384. The largest absolute Gasteiger partial charge is 0.319 e. The summed E-state index contributed by atoms with van der Waals surface area (Å²) in [4.78, 5) is 17.7. The van der Waals surface area contributed by atoms with Crippen molar-refractivity contribution in [2.75, 3.05) is 5.32 Å². The third kappa shape index (κ3) is 3.59. The average molecular weight is 392 g/mol. The normalized spacial score (nSPS) is 11.2. The number of fused-ring (bicyclic) bond motifs is 1. The first-order valence-electron chi connectivity index (χ1n) is 9.14. The molecule has 0 atom stereocenters. The van der Waals surface area contributed by atoms with E-state index in [9.17, 15) is 13.6 Å². The molecular formula is C22H18F2N4O. The van der Waals surface area contributed by atoms with E-state index in [1.165, 1.54) is 6.07 Å². The monoisotopic (exact) mass is 392 g/mol. The van der Waals surface area contributed by atoms with Crippen molar-refractivity contribution in [1.29, 1.82) is 0 Å². The number of amides is 1. The van der Waals surface area contributed by atoms with E-state index in [1.54, 1.807) is 16.9 Å². The van der Waals surface area contributed by atoms with Crippen LogP contribution in [0.15, 0.2) is 60.8 Å². The van der Waals surface area contributed by atoms with Crippen LogP contribution in [0.5, 0.6) is 0 Å². The average Bonchev–Trinajstić information content (AvgIpc) is 3.14. The Morgan fingerprint density at radius 2 is 1.83 bits per heavy atom. The summed E-state index contributed by atoms with van der Waals surface area (Å²) in [6.45, 7) is 3.94. The van der Waals surface area contributed by atoms with Gasteiger partial charge in [-0.15, -0.1) is 0 Å². The van der Waals surface area contributed by atoms with Gasteiger partial charge in [0.2, 0.25) is 0 Å². The first kappa shape index (κ1) is 18.7. The maximum Gasteiger partial charge on any atom is 0.256 e. The van der Waals surface area contributed by atoms with Crippen molar-refractivity contribution in [3.8, 4) is 11.3 Å². The van der Waals surface area contributed by atoms with E-state index in [2.05, 4.69) is 10.4 Å². The number of rotatable bonds is 4. The molecule has 0 fully saturated rings. The van der Waals surface area contributed by atoms with Crippen LogP contribution in [0.2, 0.25) is 0 Å². The van der Waals surface area contributed by atoms with E-state index < -0.39 is 17.5 Å². The number of nitrogens with zero attached hydrogens (tertiary/aromatic N) is 3. The Balaban J connectivity index is 1.85. The number of aromatic nitrogens is 3. The second-order valence-electron chi connectivity index (χ2n) is 6.92. The Morgan fingerprint density at radius 1 is 1.07 bits per heavy atom. The highest BCUT2D eigenvalue weighted by atomic mass is 19.1. The van der Waals surface area contributed by atoms with Gasteiger partial charge in [-0.05, 0) is 32.0 Å². The molecular weight excluding hydrogens is 374 g/mol. The highest BCUT2D eigenvalue weighted by molar-refractivity contribution is 6.12. The second kappa shape index (κ2) is 7.43. The van der Waals surface area contributed by atoms with Crippen LogP contribution < -0.4 is 5.32 Å². The van der Waals surface area contributed by atoms with Crippen molar-refractivity contribution in [2.45, 2.75) is 19.9 Å². The van der Waals surface area contributed by atoms with E-state index in [4.69, 9.17) is 4.98 Å². The van der Waals surface area contributed by atoms with Gasteiger partial charge in [0, 0.05) is 17.7 Å². The van der Waals surface area contributed by atoms with Gasteiger partial charge in [0.05, 0.1) is 28.5 Å². The summed E-state index contributed by atoms with van der Waals surface area (Å²) in [5.41, 5.74) is 2.22. The van der Waals surface area contributed by atoms with Crippen molar-refractivity contribution < 1.29 is 13.6 Å². The molecule has 0 saturated heterocycles. The van der Waals surface area contributed by atoms with Gasteiger partial charge in [0.1, 0.15) is 11.6 Å². The van der Waals surface area contributed by atoms with Gasteiger partial charge in [-0.25, -0.2) is 18.4 Å². The van der Waals surface area contributed by atoms with Crippen molar-refractivity contribution in [2.24, 2.45) is 0 Å². The van der Waals surface area contributed by atoms with Crippen molar-refractivity contribution >= 4 is 22.6 Å². The Morgan fingerprint density at radius 3 is 2.52 bits per heavy atom. The molecule has 2 aromatic heterocycles. The lowest BCUT2D eigenvalue weighted by atomic mass is 10.1. The molecule has 7 heteroatoms. The number of pyridine rings is 1. The summed E-state index contributed by atoms with van der Waals surface area (Å²) >= 11 is 0. The lowest BCUT2D eigenvalue weighted by Crippen LogP contribution is -2.14. The zero-order valence-electron chi connectivity index (χ0n) is 15.9. The van der Waals surface area contributed by atoms with Gasteiger partial charge in [-0.1, -0.05) is 30.3 Å². The van der Waals surface area contributed by atoms with E-state index in [1.807, 2.05) is 44.2 Å². The zero-order valence-corrected chi connectivity index (χ0v) is 15.9. The van der Waals surface area contributed by atoms with Crippen molar-refractivity contribution in [1.82, 2.24) is 14.8 Å². The first-order chi connectivity index (χ1) is 13.9. The van der Waals surface area contributed by atoms with Gasteiger partial charge in [0.15, 0.2) is 5.65 Å². The van der Waals surface area contributed by atoms with Crippen LogP contribution >= 0.6 is 0 Å². The molecule has 4 rings (SSSR count). The molecule has 2 aromatic carbocycles. The molecule has 29 heavy (non-hydrogen) atoms. The molecule has 0 bridgehead atoms. The minimum Gasteiger partial charge on any atom is -0.319 e. The molecule has 0 aliphatic carbocycles. The van der Waals surface area contributed by atoms with Crippen LogP contribution in [0.3, 0.4) is 0 Å². The van der Waals surface area contributed by atoms with Crippen molar-refractivity contribution in [3.63, 3.8) is 0 Å². The molecule has 0 saturated carbocycles. The molecule has 0 aliphatic heterocycles. The van der Waals surface area contributed by atoms with Gasteiger partial charge < -0.3 is 5.32 Å². The molecule has 4 aromatic rings. The van der Waals surface area contributed by atoms with Crippen molar-refractivity contribution in [3.05, 3.63) is 78.0 Å². The van der Waals surface area contributed by atoms with Crippen LogP contribution in [0, 0.1) is 11.6 Å². The fraction of sp³-hybridized carbons (Fsp3) is 0.136.